The van der Waals surface area contributed by atoms with Gasteiger partial charge in [-0.1, -0.05) is 41.4 Å². The largest absolute Gasteiger partial charge is 0.493 e. The van der Waals surface area contributed by atoms with Gasteiger partial charge in [-0.3, -0.25) is 19.3 Å². The molecule has 9 heteroatoms. The lowest BCUT2D eigenvalue weighted by Crippen LogP contribution is -2.37. The Hall–Kier alpha value is -2.97. The maximum absolute atomic E-state index is 12.7. The highest BCUT2D eigenvalue weighted by molar-refractivity contribution is 8.18. The summed E-state index contributed by atoms with van der Waals surface area (Å²) in [7, 11) is 1.49. The van der Waals surface area contributed by atoms with E-state index in [0.29, 0.717) is 28.7 Å². The Morgan fingerprint density at radius 2 is 1.91 bits per heavy atom. The second-order valence-electron chi connectivity index (χ2n) is 8.67. The Balaban J connectivity index is 1.77. The second kappa shape index (κ2) is 10.5. The highest BCUT2D eigenvalue weighted by atomic mass is 35.5. The zero-order chi connectivity index (χ0) is 25.0. The first-order valence-electron chi connectivity index (χ1n) is 10.5. The summed E-state index contributed by atoms with van der Waals surface area (Å²) in [5.74, 6) is -0.466. The van der Waals surface area contributed by atoms with Crippen LogP contribution in [0.3, 0.4) is 0 Å². The third kappa shape index (κ3) is 6.55. The smallest absolute Gasteiger partial charge is 0.326 e. The highest BCUT2D eigenvalue weighted by Crippen LogP contribution is 2.39. The van der Waals surface area contributed by atoms with E-state index in [1.807, 2.05) is 31.2 Å². The van der Waals surface area contributed by atoms with E-state index in [1.54, 1.807) is 32.9 Å². The molecule has 2 amide bonds. The van der Waals surface area contributed by atoms with Crippen molar-refractivity contribution in [2.45, 2.75) is 39.9 Å². The number of nitrogens with zero attached hydrogens (tertiary/aromatic N) is 1. The number of aryl methyl sites for hydroxylation is 1. The predicted octanol–water partition coefficient (Wildman–Crippen LogP) is 5.61. The number of carbonyl (C=O) groups is 3. The summed E-state index contributed by atoms with van der Waals surface area (Å²) in [6, 6.07) is 11.2. The Labute approximate surface area is 208 Å². The lowest BCUT2D eigenvalue weighted by molar-refractivity contribution is -0.156. The van der Waals surface area contributed by atoms with Crippen molar-refractivity contribution in [2.75, 3.05) is 13.7 Å². The molecule has 1 fully saturated rings. The maximum Gasteiger partial charge on any atom is 0.326 e. The molecule has 34 heavy (non-hydrogen) atoms. The van der Waals surface area contributed by atoms with Gasteiger partial charge in [-0.25, -0.2) is 0 Å². The molecule has 0 atom stereocenters. The van der Waals surface area contributed by atoms with Crippen LogP contribution in [-0.4, -0.2) is 41.3 Å². The van der Waals surface area contributed by atoms with Crippen LogP contribution in [0.1, 0.15) is 37.5 Å². The van der Waals surface area contributed by atoms with Gasteiger partial charge in [0.05, 0.1) is 17.0 Å². The van der Waals surface area contributed by atoms with E-state index in [9.17, 15) is 14.4 Å². The van der Waals surface area contributed by atoms with Crippen LogP contribution in [0, 0.1) is 6.92 Å². The molecule has 0 N–H and O–H groups in total. The average molecular weight is 504 g/mol. The van der Waals surface area contributed by atoms with Crippen LogP contribution in [0.2, 0.25) is 5.02 Å². The van der Waals surface area contributed by atoms with E-state index in [0.717, 1.165) is 27.8 Å². The van der Waals surface area contributed by atoms with Gasteiger partial charge in [-0.15, -0.1) is 0 Å². The van der Waals surface area contributed by atoms with Gasteiger partial charge in [0.25, 0.3) is 11.1 Å². The van der Waals surface area contributed by atoms with Crippen molar-refractivity contribution in [1.82, 2.24) is 4.90 Å². The van der Waals surface area contributed by atoms with Crippen molar-refractivity contribution in [1.29, 1.82) is 0 Å². The van der Waals surface area contributed by atoms with Crippen molar-refractivity contribution >= 4 is 46.6 Å². The molecule has 1 heterocycles. The van der Waals surface area contributed by atoms with Crippen LogP contribution in [-0.2, 0) is 20.9 Å². The first-order valence-corrected chi connectivity index (χ1v) is 11.7. The minimum atomic E-state index is -0.717. The summed E-state index contributed by atoms with van der Waals surface area (Å²) in [5, 5.41) is -0.246. The molecule has 0 aliphatic carbocycles. The molecule has 3 rings (SSSR count). The van der Waals surface area contributed by atoms with Crippen LogP contribution in [0.15, 0.2) is 41.3 Å². The number of carbonyl (C=O) groups excluding carboxylic acids is 3. The molecule has 1 aliphatic heterocycles. The molecule has 2 aromatic rings. The molecular formula is C25H26ClNO6S. The fourth-order valence-corrected chi connectivity index (χ4v) is 4.32. The lowest BCUT2D eigenvalue weighted by atomic mass is 10.1. The third-order valence-corrected chi connectivity index (χ3v) is 5.78. The number of imide groups is 1. The Kier molecular flexibility index (Phi) is 7.94. The summed E-state index contributed by atoms with van der Waals surface area (Å²) in [6.07, 6.45) is 1.53. The van der Waals surface area contributed by atoms with Gasteiger partial charge in [0.15, 0.2) is 11.5 Å². The molecular weight excluding hydrogens is 478 g/mol. The molecule has 0 aromatic heterocycles. The van der Waals surface area contributed by atoms with Gasteiger partial charge in [-0.05, 0) is 68.8 Å². The molecule has 0 saturated carbocycles. The minimum Gasteiger partial charge on any atom is -0.493 e. The Morgan fingerprint density at radius 3 is 2.56 bits per heavy atom. The van der Waals surface area contributed by atoms with Gasteiger partial charge in [0, 0.05) is 0 Å². The number of rotatable bonds is 7. The first-order chi connectivity index (χ1) is 16.0. The molecule has 2 aromatic carbocycles. The fourth-order valence-electron chi connectivity index (χ4n) is 3.21. The maximum atomic E-state index is 12.7. The minimum absolute atomic E-state index is 0.167. The van der Waals surface area contributed by atoms with Gasteiger partial charge in [0.1, 0.15) is 18.8 Å². The van der Waals surface area contributed by atoms with Crippen LogP contribution in [0.4, 0.5) is 4.79 Å². The normalized spacial score (nSPS) is 15.1. The summed E-state index contributed by atoms with van der Waals surface area (Å²) >= 11 is 7.20. The molecule has 0 unspecified atom stereocenters. The van der Waals surface area contributed by atoms with Crippen LogP contribution < -0.4 is 9.47 Å². The van der Waals surface area contributed by atoms with Crippen molar-refractivity contribution in [3.05, 3.63) is 63.0 Å². The number of methoxy groups -OCH3 is 1. The number of hydrogen-bond donors (Lipinski definition) is 0. The Morgan fingerprint density at radius 1 is 1.18 bits per heavy atom. The number of thioether (sulfide) groups is 1. The van der Waals surface area contributed by atoms with E-state index >= 15 is 0 Å². The number of ether oxygens (including phenoxy) is 3. The number of esters is 1. The summed E-state index contributed by atoms with van der Waals surface area (Å²) < 4.78 is 16.6. The summed E-state index contributed by atoms with van der Waals surface area (Å²) in [5.41, 5.74) is 1.94. The average Bonchev–Trinajstić information content (AvgIpc) is 2.98. The number of amides is 2. The van der Waals surface area contributed by atoms with Crippen LogP contribution in [0.5, 0.6) is 11.5 Å². The third-order valence-electron chi connectivity index (χ3n) is 4.60. The lowest BCUT2D eigenvalue weighted by Gasteiger charge is -2.21. The molecule has 0 spiro atoms. The standard InChI is InChI=1S/C25H26ClNO6S/c1-15-7-6-8-16(9-15)14-32-22-18(26)10-17(11-19(22)31-5)12-20-23(29)27(24(30)34-20)13-21(28)33-25(2,3)4/h6-12H,13-14H2,1-5H3. The zero-order valence-corrected chi connectivity index (χ0v) is 21.2. The van der Waals surface area contributed by atoms with Crippen molar-refractivity contribution in [3.8, 4) is 11.5 Å². The van der Waals surface area contributed by atoms with E-state index in [-0.39, 0.29) is 4.91 Å². The Bertz CT molecular complexity index is 1150. The number of halogens is 1. The molecule has 1 saturated heterocycles. The quantitative estimate of drug-likeness (QED) is 0.358. The number of hydrogen-bond acceptors (Lipinski definition) is 7. The van der Waals surface area contributed by atoms with E-state index in [2.05, 4.69) is 0 Å². The molecule has 180 valence electrons. The fraction of sp³-hybridized carbons (Fsp3) is 0.320. The van der Waals surface area contributed by atoms with Gasteiger partial charge < -0.3 is 14.2 Å². The summed E-state index contributed by atoms with van der Waals surface area (Å²) in [4.78, 5) is 38.2. The van der Waals surface area contributed by atoms with Gasteiger partial charge in [0.2, 0.25) is 0 Å². The summed E-state index contributed by atoms with van der Waals surface area (Å²) in [6.45, 7) is 6.99. The SMILES string of the molecule is COc1cc(C=C2SC(=O)N(CC(=O)OC(C)(C)C)C2=O)cc(Cl)c1OCc1cccc(C)c1. The zero-order valence-electron chi connectivity index (χ0n) is 19.6. The highest BCUT2D eigenvalue weighted by Gasteiger charge is 2.37. The van der Waals surface area contributed by atoms with Crippen molar-refractivity contribution < 1.29 is 28.6 Å². The van der Waals surface area contributed by atoms with Crippen molar-refractivity contribution in [3.63, 3.8) is 0 Å². The first kappa shape index (κ1) is 25.6. The van der Waals surface area contributed by atoms with Gasteiger partial charge in [-0.2, -0.15) is 0 Å². The van der Waals surface area contributed by atoms with Crippen LogP contribution >= 0.6 is 23.4 Å². The molecule has 0 bridgehead atoms. The molecule has 0 radical (unpaired) electrons. The van der Waals surface area contributed by atoms with Crippen molar-refractivity contribution in [2.24, 2.45) is 0 Å². The monoisotopic (exact) mass is 503 g/mol. The molecule has 7 nitrogen and oxygen atoms in total. The van der Waals surface area contributed by atoms with E-state index in [1.165, 1.54) is 13.2 Å². The topological polar surface area (TPSA) is 82.1 Å². The second-order valence-corrected chi connectivity index (χ2v) is 10.1. The van der Waals surface area contributed by atoms with Crippen LogP contribution in [0.25, 0.3) is 6.08 Å². The van der Waals surface area contributed by atoms with Gasteiger partial charge >= 0.3 is 5.97 Å². The van der Waals surface area contributed by atoms with E-state index in [4.69, 9.17) is 25.8 Å². The predicted molar refractivity (Wildman–Crippen MR) is 132 cm³/mol. The number of benzene rings is 2. The molecule has 1 aliphatic rings. The van der Waals surface area contributed by atoms with E-state index < -0.39 is 29.3 Å².